The maximum absolute atomic E-state index is 12.1. The van der Waals surface area contributed by atoms with Crippen molar-refractivity contribution in [2.75, 3.05) is 0 Å². The molecule has 2 nitrogen and oxygen atoms in total. The van der Waals surface area contributed by atoms with E-state index in [0.717, 1.165) is 24.8 Å². The molecule has 2 aliphatic rings. The molecule has 2 heteroatoms. The van der Waals surface area contributed by atoms with Gasteiger partial charge in [-0.3, -0.25) is 4.79 Å². The second-order valence-corrected chi connectivity index (χ2v) is 5.08. The van der Waals surface area contributed by atoms with Crippen LogP contribution in [-0.4, -0.2) is 5.97 Å². The van der Waals surface area contributed by atoms with E-state index in [1.54, 1.807) is 0 Å². The molecule has 3 rings (SSSR count). The molecule has 0 N–H and O–H groups in total. The van der Waals surface area contributed by atoms with Gasteiger partial charge >= 0.3 is 5.97 Å². The predicted octanol–water partition coefficient (Wildman–Crippen LogP) is 3.09. The molecule has 88 valence electrons. The molecule has 0 heterocycles. The predicted molar refractivity (Wildman–Crippen MR) is 65.2 cm³/mol. The summed E-state index contributed by atoms with van der Waals surface area (Å²) in [5.41, 5.74) is 0.758. The zero-order valence-corrected chi connectivity index (χ0v) is 9.76. The summed E-state index contributed by atoms with van der Waals surface area (Å²) in [4.78, 5) is 12.1. The lowest BCUT2D eigenvalue weighted by atomic mass is 9.88. The molecule has 0 amide bonds. The highest BCUT2D eigenvalue weighted by molar-refractivity contribution is 5.80. The number of benzene rings is 1. The molecule has 0 saturated heterocycles. The molecule has 2 aliphatic carbocycles. The van der Waals surface area contributed by atoms with Crippen molar-refractivity contribution in [3.8, 4) is 0 Å². The molecule has 1 aromatic carbocycles. The summed E-state index contributed by atoms with van der Waals surface area (Å²) in [6.45, 7) is 0.389. The van der Waals surface area contributed by atoms with Crippen molar-refractivity contribution < 1.29 is 9.53 Å². The Morgan fingerprint density at radius 1 is 1.35 bits per heavy atom. The fraction of sp³-hybridized carbons (Fsp3) is 0.400. The Morgan fingerprint density at radius 3 is 2.76 bits per heavy atom. The Balaban J connectivity index is 1.63. The maximum Gasteiger partial charge on any atom is 0.316 e. The molecule has 0 radical (unpaired) electrons. The first-order chi connectivity index (χ1) is 8.28. The van der Waals surface area contributed by atoms with Crippen LogP contribution in [0.4, 0.5) is 0 Å². The monoisotopic (exact) mass is 228 g/mol. The van der Waals surface area contributed by atoms with Gasteiger partial charge in [0.1, 0.15) is 6.61 Å². The Kier molecular flexibility index (Phi) is 2.50. The average Bonchev–Trinajstić information content (AvgIpc) is 2.99. The van der Waals surface area contributed by atoms with Crippen LogP contribution in [0.1, 0.15) is 24.8 Å². The minimum Gasteiger partial charge on any atom is -0.460 e. The van der Waals surface area contributed by atoms with Gasteiger partial charge in [0, 0.05) is 0 Å². The zero-order valence-electron chi connectivity index (χ0n) is 9.76. The molecule has 1 saturated carbocycles. The summed E-state index contributed by atoms with van der Waals surface area (Å²) in [5.74, 6) is 0.567. The second-order valence-electron chi connectivity index (χ2n) is 5.08. The molecule has 2 unspecified atom stereocenters. The van der Waals surface area contributed by atoms with E-state index in [1.807, 2.05) is 30.3 Å². The zero-order chi connectivity index (χ0) is 11.7. The smallest absolute Gasteiger partial charge is 0.316 e. The Bertz CT molecular complexity index is 449. The summed E-state index contributed by atoms with van der Waals surface area (Å²) < 4.78 is 5.44. The lowest BCUT2D eigenvalue weighted by Gasteiger charge is -2.21. The topological polar surface area (TPSA) is 26.3 Å². The lowest BCUT2D eigenvalue weighted by molar-refractivity contribution is -0.153. The third-order valence-corrected chi connectivity index (χ3v) is 3.89. The van der Waals surface area contributed by atoms with Gasteiger partial charge in [-0.15, -0.1) is 0 Å². The maximum atomic E-state index is 12.1. The van der Waals surface area contributed by atoms with Crippen molar-refractivity contribution in [1.82, 2.24) is 0 Å². The standard InChI is InChI=1S/C15H16O2/c16-14(15-8-6-12(10-15)7-9-15)17-11-13-4-2-1-3-5-13/h1-6,8,12H,7,9-11H2. The van der Waals surface area contributed by atoms with Gasteiger partial charge in [0.05, 0.1) is 5.41 Å². The van der Waals surface area contributed by atoms with E-state index >= 15 is 0 Å². The summed E-state index contributed by atoms with van der Waals surface area (Å²) in [6.07, 6.45) is 7.29. The summed E-state index contributed by atoms with van der Waals surface area (Å²) in [6, 6.07) is 9.84. The quantitative estimate of drug-likeness (QED) is 0.587. The number of fused-ring (bicyclic) bond motifs is 2. The summed E-state index contributed by atoms with van der Waals surface area (Å²) in [7, 11) is 0. The van der Waals surface area contributed by atoms with E-state index in [1.165, 1.54) is 0 Å². The molecule has 0 spiro atoms. The largest absolute Gasteiger partial charge is 0.460 e. The molecular weight excluding hydrogens is 212 g/mol. The van der Waals surface area contributed by atoms with Crippen LogP contribution < -0.4 is 0 Å². The Labute approximate surface area is 101 Å². The van der Waals surface area contributed by atoms with Gasteiger partial charge in [0.2, 0.25) is 0 Å². The highest BCUT2D eigenvalue weighted by Gasteiger charge is 2.47. The molecule has 2 bridgehead atoms. The van der Waals surface area contributed by atoms with Crippen molar-refractivity contribution in [3.05, 3.63) is 48.0 Å². The number of allylic oxidation sites excluding steroid dienone is 1. The Morgan fingerprint density at radius 2 is 2.18 bits per heavy atom. The van der Waals surface area contributed by atoms with E-state index in [0.29, 0.717) is 12.5 Å². The van der Waals surface area contributed by atoms with Crippen molar-refractivity contribution in [1.29, 1.82) is 0 Å². The fourth-order valence-corrected chi connectivity index (χ4v) is 2.87. The van der Waals surface area contributed by atoms with Crippen molar-refractivity contribution in [2.45, 2.75) is 25.9 Å². The van der Waals surface area contributed by atoms with E-state index in [-0.39, 0.29) is 11.4 Å². The Hall–Kier alpha value is -1.57. The molecule has 1 fully saturated rings. The van der Waals surface area contributed by atoms with Crippen LogP contribution in [0.15, 0.2) is 42.5 Å². The number of hydrogen-bond acceptors (Lipinski definition) is 2. The van der Waals surface area contributed by atoms with Gasteiger partial charge in [-0.25, -0.2) is 0 Å². The molecular formula is C15H16O2. The van der Waals surface area contributed by atoms with Crippen LogP contribution in [0.3, 0.4) is 0 Å². The first-order valence-electron chi connectivity index (χ1n) is 6.19. The van der Waals surface area contributed by atoms with Crippen LogP contribution in [0, 0.1) is 11.3 Å². The second kappa shape index (κ2) is 4.02. The van der Waals surface area contributed by atoms with E-state index < -0.39 is 0 Å². The normalized spacial score (nSPS) is 29.5. The highest BCUT2D eigenvalue weighted by Crippen LogP contribution is 2.49. The third kappa shape index (κ3) is 1.88. The van der Waals surface area contributed by atoms with Crippen LogP contribution in [0.2, 0.25) is 0 Å². The molecule has 0 aliphatic heterocycles. The van der Waals surface area contributed by atoms with Crippen molar-refractivity contribution in [3.63, 3.8) is 0 Å². The number of carbonyl (C=O) groups is 1. The number of ether oxygens (including phenoxy) is 1. The molecule has 2 atom stereocenters. The van der Waals surface area contributed by atoms with E-state index in [9.17, 15) is 4.79 Å². The fourth-order valence-electron chi connectivity index (χ4n) is 2.87. The third-order valence-electron chi connectivity index (χ3n) is 3.89. The summed E-state index contributed by atoms with van der Waals surface area (Å²) in [5, 5.41) is 0. The number of carbonyl (C=O) groups excluding carboxylic acids is 1. The highest BCUT2D eigenvalue weighted by atomic mass is 16.5. The van der Waals surface area contributed by atoms with Crippen molar-refractivity contribution >= 4 is 5.97 Å². The van der Waals surface area contributed by atoms with Gasteiger partial charge in [0.25, 0.3) is 0 Å². The van der Waals surface area contributed by atoms with E-state index in [2.05, 4.69) is 12.2 Å². The van der Waals surface area contributed by atoms with Crippen LogP contribution in [-0.2, 0) is 16.1 Å². The van der Waals surface area contributed by atoms with Gasteiger partial charge in [0.15, 0.2) is 0 Å². The van der Waals surface area contributed by atoms with Crippen LogP contribution in [0.5, 0.6) is 0 Å². The minimum absolute atomic E-state index is 0.0439. The number of hydrogen-bond donors (Lipinski definition) is 0. The number of rotatable bonds is 3. The average molecular weight is 228 g/mol. The first-order valence-corrected chi connectivity index (χ1v) is 6.19. The van der Waals surface area contributed by atoms with Crippen LogP contribution >= 0.6 is 0 Å². The molecule has 1 aromatic rings. The molecule has 17 heavy (non-hydrogen) atoms. The van der Waals surface area contributed by atoms with Crippen LogP contribution in [0.25, 0.3) is 0 Å². The number of esters is 1. The summed E-state index contributed by atoms with van der Waals surface area (Å²) >= 11 is 0. The minimum atomic E-state index is -0.292. The van der Waals surface area contributed by atoms with Gasteiger partial charge in [-0.2, -0.15) is 0 Å². The lowest BCUT2D eigenvalue weighted by Crippen LogP contribution is -2.26. The SMILES string of the molecule is O=C(OCc1ccccc1)C12C=CC(CC1)C2. The van der Waals surface area contributed by atoms with Gasteiger partial charge < -0.3 is 4.74 Å². The van der Waals surface area contributed by atoms with E-state index in [4.69, 9.17) is 4.74 Å². The van der Waals surface area contributed by atoms with Gasteiger partial charge in [-0.05, 0) is 30.7 Å². The first kappa shape index (κ1) is 10.6. The molecule has 0 aromatic heterocycles. The van der Waals surface area contributed by atoms with Crippen molar-refractivity contribution in [2.24, 2.45) is 11.3 Å². The van der Waals surface area contributed by atoms with Gasteiger partial charge in [-0.1, -0.05) is 42.5 Å².